The van der Waals surface area contributed by atoms with Crippen molar-refractivity contribution in [3.05, 3.63) is 0 Å². The maximum absolute atomic E-state index is 11.2. The van der Waals surface area contributed by atoms with Crippen molar-refractivity contribution in [2.75, 3.05) is 24.7 Å². The lowest BCUT2D eigenvalue weighted by atomic mass is 10.3. The van der Waals surface area contributed by atoms with Crippen LogP contribution >= 0.6 is 12.2 Å². The largest absolute Gasteiger partial charge is 0.468 e. The maximum atomic E-state index is 11.2. The third-order valence-corrected chi connectivity index (χ3v) is 4.36. The predicted octanol–water partition coefficient (Wildman–Crippen LogP) is -0.537. The quantitative estimate of drug-likeness (QED) is 0.537. The first-order chi connectivity index (χ1) is 7.05. The summed E-state index contributed by atoms with van der Waals surface area (Å²) in [5.74, 6) is 0.384. The van der Waals surface area contributed by atoms with Gasteiger partial charge in [-0.05, 0) is 18.6 Å². The number of sulfone groups is 1. The molecule has 0 aromatic carbocycles. The van der Waals surface area contributed by atoms with Crippen molar-refractivity contribution in [2.24, 2.45) is 0 Å². The van der Waals surface area contributed by atoms with E-state index in [9.17, 15) is 8.42 Å². The zero-order chi connectivity index (χ0) is 10.9. The van der Waals surface area contributed by atoms with Gasteiger partial charge in [0.1, 0.15) is 12.7 Å². The molecule has 0 aliphatic carbocycles. The Kier molecular flexibility index (Phi) is 3.13. The van der Waals surface area contributed by atoms with Crippen LogP contribution in [0, 0.1) is 0 Å². The molecule has 0 amide bonds. The van der Waals surface area contributed by atoms with Crippen LogP contribution in [0.2, 0.25) is 0 Å². The Morgan fingerprint density at radius 1 is 1.60 bits per heavy atom. The van der Waals surface area contributed by atoms with E-state index < -0.39 is 9.84 Å². The van der Waals surface area contributed by atoms with Gasteiger partial charge in [-0.15, -0.1) is 0 Å². The first-order valence-electron chi connectivity index (χ1n) is 4.80. The van der Waals surface area contributed by atoms with E-state index in [-0.39, 0.29) is 28.8 Å². The predicted molar refractivity (Wildman–Crippen MR) is 58.5 cm³/mol. The Labute approximate surface area is 94.0 Å². The summed E-state index contributed by atoms with van der Waals surface area (Å²) in [6.45, 7) is 1.17. The average Bonchev–Trinajstić information content (AvgIpc) is 2.89. The molecule has 0 spiro atoms. The Morgan fingerprint density at radius 2 is 2.33 bits per heavy atom. The molecule has 2 rings (SSSR count). The van der Waals surface area contributed by atoms with E-state index in [1.165, 1.54) is 0 Å². The summed E-state index contributed by atoms with van der Waals surface area (Å²) >= 11 is 4.93. The van der Waals surface area contributed by atoms with Gasteiger partial charge in [-0.3, -0.25) is 0 Å². The molecule has 15 heavy (non-hydrogen) atoms. The smallest absolute Gasteiger partial charge is 0.256 e. The molecule has 2 aliphatic rings. The second kappa shape index (κ2) is 4.23. The standard InChI is InChI=1S/C8H13NO4S2/c10-15(11)2-1-6(5-15)9-8(14)13-4-7-3-12-7/h6-7H,1-5H2,(H,9,14)/t6-,7-/m0/s1. The van der Waals surface area contributed by atoms with Gasteiger partial charge < -0.3 is 14.8 Å². The molecule has 0 radical (unpaired) electrons. The molecule has 0 aromatic rings. The second-order valence-corrected chi connectivity index (χ2v) is 6.40. The maximum Gasteiger partial charge on any atom is 0.256 e. The Bertz CT molecular complexity index is 350. The minimum absolute atomic E-state index is 0.0948. The number of rotatable bonds is 3. The van der Waals surface area contributed by atoms with E-state index in [0.29, 0.717) is 13.0 Å². The van der Waals surface area contributed by atoms with E-state index in [4.69, 9.17) is 21.7 Å². The van der Waals surface area contributed by atoms with Gasteiger partial charge >= 0.3 is 0 Å². The number of hydrogen-bond donors (Lipinski definition) is 1. The summed E-state index contributed by atoms with van der Waals surface area (Å²) in [6, 6.07) is -0.0948. The highest BCUT2D eigenvalue weighted by atomic mass is 32.2. The molecule has 86 valence electrons. The summed E-state index contributed by atoms with van der Waals surface area (Å²) in [5.41, 5.74) is 0. The van der Waals surface area contributed by atoms with Crippen molar-refractivity contribution in [2.45, 2.75) is 18.6 Å². The van der Waals surface area contributed by atoms with Crippen LogP contribution in [0.3, 0.4) is 0 Å². The first kappa shape index (κ1) is 11.1. The number of epoxide rings is 1. The summed E-state index contributed by atoms with van der Waals surface area (Å²) in [5, 5.41) is 3.16. The number of ether oxygens (including phenoxy) is 2. The van der Waals surface area contributed by atoms with Crippen molar-refractivity contribution >= 4 is 27.2 Å². The van der Waals surface area contributed by atoms with E-state index >= 15 is 0 Å². The number of thiocarbonyl (C=S) groups is 1. The summed E-state index contributed by atoms with van der Waals surface area (Å²) in [4.78, 5) is 0. The zero-order valence-electron chi connectivity index (χ0n) is 8.14. The van der Waals surface area contributed by atoms with Gasteiger partial charge in [-0.25, -0.2) is 8.42 Å². The number of nitrogens with one attached hydrogen (secondary N) is 1. The van der Waals surface area contributed by atoms with Gasteiger partial charge in [0, 0.05) is 6.04 Å². The molecule has 1 N–H and O–H groups in total. The summed E-state index contributed by atoms with van der Waals surface area (Å²) < 4.78 is 32.5. The van der Waals surface area contributed by atoms with Crippen molar-refractivity contribution in [3.8, 4) is 0 Å². The fourth-order valence-corrected chi connectivity index (χ4v) is 3.36. The zero-order valence-corrected chi connectivity index (χ0v) is 9.77. The molecule has 0 saturated carbocycles. The highest BCUT2D eigenvalue weighted by molar-refractivity contribution is 7.91. The SMILES string of the molecule is O=S1(=O)CC[C@H](NC(=S)OC[C@@H]2CO2)C1. The molecular weight excluding hydrogens is 238 g/mol. The lowest BCUT2D eigenvalue weighted by molar-refractivity contribution is 0.247. The third kappa shape index (κ3) is 3.58. The first-order valence-corrected chi connectivity index (χ1v) is 7.03. The van der Waals surface area contributed by atoms with Crippen LogP contribution < -0.4 is 5.32 Å². The fourth-order valence-electron chi connectivity index (χ4n) is 1.45. The minimum Gasteiger partial charge on any atom is -0.468 e. The summed E-state index contributed by atoms with van der Waals surface area (Å²) in [6.07, 6.45) is 0.767. The Balaban J connectivity index is 1.69. The molecule has 5 nitrogen and oxygen atoms in total. The van der Waals surface area contributed by atoms with Crippen molar-refractivity contribution < 1.29 is 17.9 Å². The van der Waals surface area contributed by atoms with Crippen molar-refractivity contribution in [1.29, 1.82) is 0 Å². The van der Waals surface area contributed by atoms with Crippen LogP contribution in [0.15, 0.2) is 0 Å². The van der Waals surface area contributed by atoms with Crippen LogP contribution in [-0.2, 0) is 19.3 Å². The fraction of sp³-hybridized carbons (Fsp3) is 0.875. The van der Waals surface area contributed by atoms with Crippen molar-refractivity contribution in [3.63, 3.8) is 0 Å². The minimum atomic E-state index is -2.86. The highest BCUT2D eigenvalue weighted by Crippen LogP contribution is 2.12. The monoisotopic (exact) mass is 251 g/mol. The molecule has 2 saturated heterocycles. The van der Waals surface area contributed by atoms with E-state index in [1.54, 1.807) is 0 Å². The molecular formula is C8H13NO4S2. The van der Waals surface area contributed by atoms with Crippen molar-refractivity contribution in [1.82, 2.24) is 5.32 Å². The Morgan fingerprint density at radius 3 is 2.87 bits per heavy atom. The lowest BCUT2D eigenvalue weighted by Crippen LogP contribution is -2.36. The molecule has 0 aromatic heterocycles. The molecule has 7 heteroatoms. The van der Waals surface area contributed by atoms with Gasteiger partial charge in [0.2, 0.25) is 0 Å². The normalized spacial score (nSPS) is 32.3. The average molecular weight is 251 g/mol. The molecule has 2 atom stereocenters. The second-order valence-electron chi connectivity index (χ2n) is 3.80. The molecule has 2 fully saturated rings. The van der Waals surface area contributed by atoms with E-state index in [0.717, 1.165) is 6.61 Å². The molecule has 0 unspecified atom stereocenters. The molecule has 0 bridgehead atoms. The van der Waals surface area contributed by atoms with Gasteiger partial charge in [-0.1, -0.05) is 0 Å². The van der Waals surface area contributed by atoms with Gasteiger partial charge in [0.15, 0.2) is 9.84 Å². The van der Waals surface area contributed by atoms with Gasteiger partial charge in [-0.2, -0.15) is 0 Å². The number of hydrogen-bond acceptors (Lipinski definition) is 5. The van der Waals surface area contributed by atoms with Crippen LogP contribution in [0.4, 0.5) is 0 Å². The van der Waals surface area contributed by atoms with Crippen LogP contribution in [0.5, 0.6) is 0 Å². The topological polar surface area (TPSA) is 67.9 Å². The highest BCUT2D eigenvalue weighted by Gasteiger charge is 2.29. The summed E-state index contributed by atoms with van der Waals surface area (Å²) in [7, 11) is -2.86. The molecule has 2 heterocycles. The van der Waals surface area contributed by atoms with Crippen LogP contribution in [0.25, 0.3) is 0 Å². The lowest BCUT2D eigenvalue weighted by Gasteiger charge is -2.13. The van der Waals surface area contributed by atoms with E-state index in [2.05, 4.69) is 5.32 Å². The van der Waals surface area contributed by atoms with Gasteiger partial charge in [0.05, 0.1) is 18.1 Å². The molecule has 2 aliphatic heterocycles. The van der Waals surface area contributed by atoms with E-state index in [1.807, 2.05) is 0 Å². The Hall–Kier alpha value is -0.400. The van der Waals surface area contributed by atoms with Gasteiger partial charge in [0.25, 0.3) is 5.17 Å². The third-order valence-electron chi connectivity index (χ3n) is 2.36. The van der Waals surface area contributed by atoms with Crippen LogP contribution in [0.1, 0.15) is 6.42 Å². The van der Waals surface area contributed by atoms with Crippen LogP contribution in [-0.4, -0.2) is 50.5 Å².